The lowest BCUT2D eigenvalue weighted by Crippen LogP contribution is -2.58. The van der Waals surface area contributed by atoms with Gasteiger partial charge in [-0.15, -0.1) is 0 Å². The van der Waals surface area contributed by atoms with Crippen molar-refractivity contribution < 1.29 is 34.2 Å². The van der Waals surface area contributed by atoms with E-state index in [4.69, 9.17) is 22.3 Å². The van der Waals surface area contributed by atoms with Gasteiger partial charge in [0.15, 0.2) is 5.96 Å². The van der Waals surface area contributed by atoms with E-state index in [1.807, 2.05) is 0 Å². The molecule has 0 fully saturated rings. The highest BCUT2D eigenvalue weighted by Gasteiger charge is 2.32. The van der Waals surface area contributed by atoms with Crippen molar-refractivity contribution in [1.82, 2.24) is 16.0 Å². The van der Waals surface area contributed by atoms with Crippen molar-refractivity contribution >= 4 is 35.6 Å². The third-order valence-corrected chi connectivity index (χ3v) is 5.73. The molecule has 0 saturated carbocycles. The maximum atomic E-state index is 13.1. The fraction of sp³-hybridized carbons (Fsp3) is 0.520. The quantitative estimate of drug-likeness (QED) is 0.0645. The number of aliphatic carboxylic acids is 2. The Labute approximate surface area is 226 Å². The number of aliphatic imine (C=N–C) groups is 1. The van der Waals surface area contributed by atoms with Crippen molar-refractivity contribution in [2.45, 2.75) is 70.1 Å². The molecule has 0 saturated heterocycles. The molecule has 4 atom stereocenters. The van der Waals surface area contributed by atoms with E-state index >= 15 is 0 Å². The fourth-order valence-corrected chi connectivity index (χ4v) is 3.57. The zero-order valence-corrected chi connectivity index (χ0v) is 22.1. The van der Waals surface area contributed by atoms with Gasteiger partial charge in [0.05, 0.1) is 6.04 Å². The van der Waals surface area contributed by atoms with Gasteiger partial charge in [-0.1, -0.05) is 44.2 Å². The van der Waals surface area contributed by atoms with Crippen LogP contribution in [-0.2, 0) is 30.4 Å². The normalized spacial score (nSPS) is 13.8. The van der Waals surface area contributed by atoms with Crippen LogP contribution in [0, 0.1) is 5.92 Å². The highest BCUT2D eigenvalue weighted by atomic mass is 16.4. The van der Waals surface area contributed by atoms with Crippen molar-refractivity contribution in [3.63, 3.8) is 0 Å². The molecule has 1 rings (SSSR count). The molecule has 0 spiro atoms. The van der Waals surface area contributed by atoms with E-state index < -0.39 is 66.2 Å². The molecular weight excluding hydrogens is 510 g/mol. The van der Waals surface area contributed by atoms with E-state index in [-0.39, 0.29) is 31.8 Å². The van der Waals surface area contributed by atoms with Crippen molar-refractivity contribution in [1.29, 1.82) is 0 Å². The standard InChI is InChI=1S/C25H39N7O7/c1-14(2)20(32-21(35)16(26)9-6-12-29-25(27)28)23(37)30-17(10-11-19(33)34)22(36)31-18(24(38)39)13-15-7-4-3-5-8-15/h3-5,7-8,14,16-18,20H,6,9-13,26H2,1-2H3,(H,30,37)(H,31,36)(H,32,35)(H,33,34)(H,38,39)(H4,27,28,29). The van der Waals surface area contributed by atoms with Crippen LogP contribution in [0.25, 0.3) is 0 Å². The molecule has 4 unspecified atom stereocenters. The van der Waals surface area contributed by atoms with Gasteiger partial charge in [-0.25, -0.2) is 4.79 Å². The third kappa shape index (κ3) is 12.7. The number of nitrogens with one attached hydrogen (secondary N) is 3. The summed E-state index contributed by atoms with van der Waals surface area (Å²) in [6, 6.07) is 3.89. The molecule has 216 valence electrons. The number of nitrogens with zero attached hydrogens (tertiary/aromatic N) is 1. The van der Waals surface area contributed by atoms with Gasteiger partial charge in [-0.3, -0.25) is 24.2 Å². The molecule has 14 heteroatoms. The van der Waals surface area contributed by atoms with Gasteiger partial charge in [-0.05, 0) is 30.7 Å². The van der Waals surface area contributed by atoms with Gasteiger partial charge < -0.3 is 43.4 Å². The van der Waals surface area contributed by atoms with Gasteiger partial charge in [0.2, 0.25) is 17.7 Å². The summed E-state index contributed by atoms with van der Waals surface area (Å²) in [5.74, 6) is -5.21. The number of carboxylic acids is 2. The van der Waals surface area contributed by atoms with Crippen molar-refractivity contribution in [2.24, 2.45) is 28.1 Å². The Kier molecular flexibility index (Phi) is 14.0. The number of amides is 3. The zero-order chi connectivity index (χ0) is 29.5. The number of hydrogen-bond donors (Lipinski definition) is 8. The lowest BCUT2D eigenvalue weighted by Gasteiger charge is -2.27. The average Bonchev–Trinajstić information content (AvgIpc) is 2.86. The van der Waals surface area contributed by atoms with E-state index in [1.165, 1.54) is 0 Å². The van der Waals surface area contributed by atoms with Crippen LogP contribution in [0.4, 0.5) is 0 Å². The molecule has 1 aromatic rings. The molecule has 0 aliphatic heterocycles. The first-order valence-electron chi connectivity index (χ1n) is 12.5. The number of nitrogens with two attached hydrogens (primary N) is 3. The Hall–Kier alpha value is -4.20. The van der Waals surface area contributed by atoms with Crippen LogP contribution in [0.3, 0.4) is 0 Å². The minimum absolute atomic E-state index is 0.0206. The first-order chi connectivity index (χ1) is 18.3. The topological polar surface area (TPSA) is 252 Å². The summed E-state index contributed by atoms with van der Waals surface area (Å²) in [5, 5.41) is 26.1. The fourth-order valence-electron chi connectivity index (χ4n) is 3.57. The first kappa shape index (κ1) is 32.8. The first-order valence-corrected chi connectivity index (χ1v) is 12.5. The molecule has 14 nitrogen and oxygen atoms in total. The second-order valence-corrected chi connectivity index (χ2v) is 9.37. The molecule has 0 heterocycles. The van der Waals surface area contributed by atoms with E-state index in [2.05, 4.69) is 20.9 Å². The Morgan fingerprint density at radius 1 is 0.872 bits per heavy atom. The van der Waals surface area contributed by atoms with Crippen molar-refractivity contribution in [3.05, 3.63) is 35.9 Å². The monoisotopic (exact) mass is 549 g/mol. The summed E-state index contributed by atoms with van der Waals surface area (Å²) < 4.78 is 0. The number of carbonyl (C=O) groups excluding carboxylic acids is 3. The average molecular weight is 550 g/mol. The number of guanidine groups is 1. The van der Waals surface area contributed by atoms with Gasteiger partial charge in [-0.2, -0.15) is 0 Å². The van der Waals surface area contributed by atoms with E-state index in [0.29, 0.717) is 12.0 Å². The molecule has 39 heavy (non-hydrogen) atoms. The third-order valence-electron chi connectivity index (χ3n) is 5.73. The predicted molar refractivity (Wildman–Crippen MR) is 143 cm³/mol. The predicted octanol–water partition coefficient (Wildman–Crippen LogP) is -1.33. The summed E-state index contributed by atoms with van der Waals surface area (Å²) >= 11 is 0. The Balaban J connectivity index is 2.93. The van der Waals surface area contributed by atoms with Crippen LogP contribution in [0.1, 0.15) is 45.1 Å². The number of carbonyl (C=O) groups is 5. The molecule has 0 bridgehead atoms. The molecule has 11 N–H and O–H groups in total. The van der Waals surface area contributed by atoms with Crippen molar-refractivity contribution in [3.8, 4) is 0 Å². The molecule has 0 radical (unpaired) electrons. The number of carboxylic acid groups (broad SMARTS) is 2. The van der Waals surface area contributed by atoms with Crippen LogP contribution in [0.5, 0.6) is 0 Å². The SMILES string of the molecule is CC(C)C(NC(=O)C(N)CCCN=C(N)N)C(=O)NC(CCC(=O)O)C(=O)NC(Cc1ccccc1)C(=O)O. The maximum Gasteiger partial charge on any atom is 0.326 e. The summed E-state index contributed by atoms with van der Waals surface area (Å²) in [7, 11) is 0. The van der Waals surface area contributed by atoms with E-state index in [1.54, 1.807) is 44.2 Å². The lowest BCUT2D eigenvalue weighted by molar-refractivity contribution is -0.143. The van der Waals surface area contributed by atoms with Gasteiger partial charge >= 0.3 is 11.9 Å². The van der Waals surface area contributed by atoms with Crippen molar-refractivity contribution in [2.75, 3.05) is 6.54 Å². The Bertz CT molecular complexity index is 1010. The highest BCUT2D eigenvalue weighted by molar-refractivity contribution is 5.94. The van der Waals surface area contributed by atoms with Crippen LogP contribution < -0.4 is 33.2 Å². The molecule has 0 aliphatic carbocycles. The summed E-state index contributed by atoms with van der Waals surface area (Å²) in [6.45, 7) is 3.61. The number of hydrogen-bond acceptors (Lipinski definition) is 7. The highest BCUT2D eigenvalue weighted by Crippen LogP contribution is 2.08. The smallest absolute Gasteiger partial charge is 0.326 e. The van der Waals surface area contributed by atoms with Crippen LogP contribution in [0.2, 0.25) is 0 Å². The second kappa shape index (κ2) is 16.6. The van der Waals surface area contributed by atoms with Crippen LogP contribution in [-0.4, -0.2) is 76.5 Å². The van der Waals surface area contributed by atoms with E-state index in [0.717, 1.165) is 0 Å². The zero-order valence-electron chi connectivity index (χ0n) is 22.1. The minimum Gasteiger partial charge on any atom is -0.481 e. The number of benzene rings is 1. The molecule has 3 amide bonds. The maximum absolute atomic E-state index is 13.1. The van der Waals surface area contributed by atoms with Gasteiger partial charge in [0.25, 0.3) is 0 Å². The summed E-state index contributed by atoms with van der Waals surface area (Å²) in [4.78, 5) is 65.4. The van der Waals surface area contributed by atoms with Crippen LogP contribution in [0.15, 0.2) is 35.3 Å². The number of rotatable bonds is 17. The van der Waals surface area contributed by atoms with Gasteiger partial charge in [0.1, 0.15) is 18.1 Å². The molecule has 1 aromatic carbocycles. The molecule has 0 aromatic heterocycles. The van der Waals surface area contributed by atoms with E-state index in [9.17, 15) is 29.1 Å². The molecular formula is C25H39N7O7. The Morgan fingerprint density at radius 2 is 1.49 bits per heavy atom. The largest absolute Gasteiger partial charge is 0.481 e. The van der Waals surface area contributed by atoms with Gasteiger partial charge in [0, 0.05) is 19.4 Å². The second-order valence-electron chi connectivity index (χ2n) is 9.37. The summed E-state index contributed by atoms with van der Waals surface area (Å²) in [6.07, 6.45) is -0.109. The van der Waals surface area contributed by atoms with Crippen LogP contribution >= 0.6 is 0 Å². The Morgan fingerprint density at radius 3 is 2.03 bits per heavy atom. The lowest BCUT2D eigenvalue weighted by atomic mass is 10.0. The summed E-state index contributed by atoms with van der Waals surface area (Å²) in [5.41, 5.74) is 17.1. The molecule has 0 aliphatic rings. The minimum atomic E-state index is -1.36.